The van der Waals surface area contributed by atoms with Crippen LogP contribution in [0.25, 0.3) is 0 Å². The van der Waals surface area contributed by atoms with Crippen LogP contribution < -0.4 is 11.1 Å². The molecule has 0 aromatic heterocycles. The zero-order chi connectivity index (χ0) is 14.4. The Hall–Kier alpha value is -1.79. The van der Waals surface area contributed by atoms with E-state index in [0.29, 0.717) is 24.1 Å². The third-order valence-electron chi connectivity index (χ3n) is 3.89. The minimum absolute atomic E-state index is 0.000137. The molecule has 0 radical (unpaired) electrons. The van der Waals surface area contributed by atoms with Crippen LogP contribution in [0.5, 0.6) is 0 Å². The molecule has 3 nitrogen and oxygen atoms in total. The molecule has 1 aliphatic carbocycles. The van der Waals surface area contributed by atoms with Crippen molar-refractivity contribution in [1.29, 1.82) is 0 Å². The molecule has 2 unspecified atom stereocenters. The van der Waals surface area contributed by atoms with Gasteiger partial charge in [0.15, 0.2) is 0 Å². The predicted octanol–water partition coefficient (Wildman–Crippen LogP) is 2.31. The molecule has 1 aromatic carbocycles. The lowest BCUT2D eigenvalue weighted by atomic mass is 9.86. The highest BCUT2D eigenvalue weighted by Gasteiger charge is 2.23. The average molecular weight is 270 g/mol. The lowest BCUT2D eigenvalue weighted by molar-refractivity contribution is 0.0910. The standard InChI is InChI=1S/C17H22N2O/c1-13-6-2-3-10-16(13)19-17(20)15-9-4-7-14(12-15)8-5-11-18/h4,7,9,12-13,16H,2-3,6,10-11,18H2,1H3,(H,19,20). The second-order valence-corrected chi connectivity index (χ2v) is 5.43. The van der Waals surface area contributed by atoms with Crippen LogP contribution in [0.2, 0.25) is 0 Å². The zero-order valence-corrected chi connectivity index (χ0v) is 12.0. The van der Waals surface area contributed by atoms with Crippen LogP contribution in [0.15, 0.2) is 24.3 Å². The van der Waals surface area contributed by atoms with Crippen molar-refractivity contribution in [2.24, 2.45) is 11.7 Å². The van der Waals surface area contributed by atoms with E-state index in [1.54, 1.807) is 0 Å². The van der Waals surface area contributed by atoms with Crippen molar-refractivity contribution >= 4 is 5.91 Å². The molecule has 0 heterocycles. The van der Waals surface area contributed by atoms with Crippen LogP contribution in [0.1, 0.15) is 48.5 Å². The van der Waals surface area contributed by atoms with E-state index in [0.717, 1.165) is 12.0 Å². The summed E-state index contributed by atoms with van der Waals surface area (Å²) in [5, 5.41) is 3.16. The van der Waals surface area contributed by atoms with E-state index >= 15 is 0 Å². The van der Waals surface area contributed by atoms with E-state index < -0.39 is 0 Å². The molecule has 1 aromatic rings. The van der Waals surface area contributed by atoms with Gasteiger partial charge in [0.25, 0.3) is 5.91 Å². The predicted molar refractivity (Wildman–Crippen MR) is 81.3 cm³/mol. The second-order valence-electron chi connectivity index (χ2n) is 5.43. The molecule has 1 amide bonds. The van der Waals surface area contributed by atoms with Gasteiger partial charge < -0.3 is 11.1 Å². The van der Waals surface area contributed by atoms with Gasteiger partial charge in [0.2, 0.25) is 0 Å². The van der Waals surface area contributed by atoms with Crippen LogP contribution in [0.3, 0.4) is 0 Å². The van der Waals surface area contributed by atoms with Crippen LogP contribution >= 0.6 is 0 Å². The number of rotatable bonds is 2. The number of hydrogen-bond acceptors (Lipinski definition) is 2. The smallest absolute Gasteiger partial charge is 0.251 e. The Morgan fingerprint density at radius 2 is 2.20 bits per heavy atom. The van der Waals surface area contributed by atoms with E-state index in [1.165, 1.54) is 19.3 Å². The zero-order valence-electron chi connectivity index (χ0n) is 12.0. The van der Waals surface area contributed by atoms with Crippen molar-refractivity contribution in [3.8, 4) is 11.8 Å². The van der Waals surface area contributed by atoms with Crippen molar-refractivity contribution in [3.05, 3.63) is 35.4 Å². The fraction of sp³-hybridized carbons (Fsp3) is 0.471. The Balaban J connectivity index is 2.05. The van der Waals surface area contributed by atoms with Crippen LogP contribution in [0.4, 0.5) is 0 Å². The minimum atomic E-state index is 0.000137. The van der Waals surface area contributed by atoms with Crippen molar-refractivity contribution in [2.75, 3.05) is 6.54 Å². The molecule has 20 heavy (non-hydrogen) atoms. The minimum Gasteiger partial charge on any atom is -0.349 e. The number of nitrogens with two attached hydrogens (primary N) is 1. The first-order valence-electron chi connectivity index (χ1n) is 7.30. The fourth-order valence-corrected chi connectivity index (χ4v) is 2.67. The van der Waals surface area contributed by atoms with E-state index in [9.17, 15) is 4.79 Å². The van der Waals surface area contributed by atoms with Crippen LogP contribution in [-0.2, 0) is 0 Å². The lowest BCUT2D eigenvalue weighted by Gasteiger charge is -2.29. The second kappa shape index (κ2) is 7.12. The summed E-state index contributed by atoms with van der Waals surface area (Å²) in [4.78, 5) is 12.3. The highest BCUT2D eigenvalue weighted by atomic mass is 16.1. The summed E-state index contributed by atoms with van der Waals surface area (Å²) in [5.74, 6) is 6.33. The Kier molecular flexibility index (Phi) is 5.20. The lowest BCUT2D eigenvalue weighted by Crippen LogP contribution is -2.41. The molecular weight excluding hydrogens is 248 g/mol. The third kappa shape index (κ3) is 3.85. The summed E-state index contributed by atoms with van der Waals surface area (Å²) in [6.45, 7) is 2.54. The van der Waals surface area contributed by atoms with Gasteiger partial charge >= 0.3 is 0 Å². The van der Waals surface area contributed by atoms with E-state index in [2.05, 4.69) is 24.1 Å². The number of nitrogens with one attached hydrogen (secondary N) is 1. The van der Waals surface area contributed by atoms with Gasteiger partial charge in [0.05, 0.1) is 6.54 Å². The summed E-state index contributed by atoms with van der Waals surface area (Å²) < 4.78 is 0. The highest BCUT2D eigenvalue weighted by molar-refractivity contribution is 5.94. The number of carbonyl (C=O) groups excluding carboxylic acids is 1. The molecule has 2 rings (SSSR count). The number of amides is 1. The van der Waals surface area contributed by atoms with Crippen LogP contribution in [0, 0.1) is 17.8 Å². The van der Waals surface area contributed by atoms with E-state index in [4.69, 9.17) is 5.73 Å². The quantitative estimate of drug-likeness (QED) is 0.810. The molecule has 106 valence electrons. The van der Waals surface area contributed by atoms with Gasteiger partial charge in [-0.15, -0.1) is 0 Å². The van der Waals surface area contributed by atoms with Crippen molar-refractivity contribution in [3.63, 3.8) is 0 Å². The summed E-state index contributed by atoms with van der Waals surface area (Å²) in [6.07, 6.45) is 4.77. The van der Waals surface area contributed by atoms with Gasteiger partial charge in [-0.3, -0.25) is 4.79 Å². The van der Waals surface area contributed by atoms with Gasteiger partial charge in [0.1, 0.15) is 0 Å². The molecule has 0 bridgehead atoms. The molecule has 0 saturated heterocycles. The number of benzene rings is 1. The van der Waals surface area contributed by atoms with Gasteiger partial charge in [-0.25, -0.2) is 0 Å². The summed E-state index contributed by atoms with van der Waals surface area (Å²) in [7, 11) is 0. The summed E-state index contributed by atoms with van der Waals surface area (Å²) in [6, 6.07) is 7.71. The molecule has 0 aliphatic heterocycles. The Labute approximate surface area is 120 Å². The average Bonchev–Trinajstić information content (AvgIpc) is 2.48. The Morgan fingerprint density at radius 1 is 1.40 bits per heavy atom. The topological polar surface area (TPSA) is 55.1 Å². The van der Waals surface area contributed by atoms with E-state index in [-0.39, 0.29) is 5.91 Å². The normalized spacial score (nSPS) is 21.7. The fourth-order valence-electron chi connectivity index (χ4n) is 2.67. The highest BCUT2D eigenvalue weighted by Crippen LogP contribution is 2.24. The SMILES string of the molecule is CC1CCCCC1NC(=O)c1cccc(C#CCN)c1. The van der Waals surface area contributed by atoms with Gasteiger partial charge in [-0.2, -0.15) is 0 Å². The van der Waals surface area contributed by atoms with Crippen molar-refractivity contribution in [2.45, 2.75) is 38.6 Å². The molecule has 2 atom stereocenters. The van der Waals surface area contributed by atoms with Crippen molar-refractivity contribution in [1.82, 2.24) is 5.32 Å². The number of carbonyl (C=O) groups is 1. The maximum absolute atomic E-state index is 12.3. The van der Waals surface area contributed by atoms with Gasteiger partial charge in [0, 0.05) is 17.2 Å². The summed E-state index contributed by atoms with van der Waals surface area (Å²) >= 11 is 0. The van der Waals surface area contributed by atoms with Gasteiger partial charge in [-0.05, 0) is 37.0 Å². The molecule has 1 saturated carbocycles. The van der Waals surface area contributed by atoms with E-state index in [1.807, 2.05) is 24.3 Å². The molecule has 1 aliphatic rings. The first-order chi connectivity index (χ1) is 9.70. The maximum Gasteiger partial charge on any atom is 0.251 e. The monoisotopic (exact) mass is 270 g/mol. The number of hydrogen-bond donors (Lipinski definition) is 2. The first kappa shape index (κ1) is 14.6. The summed E-state index contributed by atoms with van der Waals surface area (Å²) in [5.41, 5.74) is 6.87. The molecule has 3 heteroatoms. The molecular formula is C17H22N2O. The molecule has 1 fully saturated rings. The maximum atomic E-state index is 12.3. The Bertz CT molecular complexity index is 527. The largest absolute Gasteiger partial charge is 0.349 e. The molecule has 0 spiro atoms. The Morgan fingerprint density at radius 3 is 2.95 bits per heavy atom. The first-order valence-corrected chi connectivity index (χ1v) is 7.30. The van der Waals surface area contributed by atoms with Crippen molar-refractivity contribution < 1.29 is 4.79 Å². The molecule has 3 N–H and O–H groups in total. The van der Waals surface area contributed by atoms with Gasteiger partial charge in [-0.1, -0.05) is 37.7 Å². The van der Waals surface area contributed by atoms with Crippen LogP contribution in [-0.4, -0.2) is 18.5 Å². The third-order valence-corrected chi connectivity index (χ3v) is 3.89.